The van der Waals surface area contributed by atoms with Crippen LogP contribution in [0.5, 0.6) is 0 Å². The van der Waals surface area contributed by atoms with Gasteiger partial charge in [-0.3, -0.25) is 9.98 Å². The average molecular weight is 187 g/mol. The minimum absolute atomic E-state index is 0.521. The van der Waals surface area contributed by atoms with E-state index in [2.05, 4.69) is 21.9 Å². The van der Waals surface area contributed by atoms with Gasteiger partial charge >= 0.3 is 0 Å². The Morgan fingerprint density at radius 3 is 3.14 bits per heavy atom. The van der Waals surface area contributed by atoms with Crippen LogP contribution in [0.1, 0.15) is 18.9 Å². The van der Waals surface area contributed by atoms with Crippen LogP contribution >= 0.6 is 0 Å². The molecule has 0 fully saturated rings. The van der Waals surface area contributed by atoms with Crippen molar-refractivity contribution in [2.45, 2.75) is 13.3 Å². The lowest BCUT2D eigenvalue weighted by atomic mass is 10.1. The Kier molecular flexibility index (Phi) is 2.68. The van der Waals surface area contributed by atoms with Gasteiger partial charge in [-0.1, -0.05) is 6.92 Å². The SMILES string of the molecule is CC1C=NC(c2cccnc2)=NCC1. The lowest BCUT2D eigenvalue weighted by molar-refractivity contribution is 0.713. The van der Waals surface area contributed by atoms with Crippen molar-refractivity contribution >= 4 is 12.1 Å². The van der Waals surface area contributed by atoms with Crippen molar-refractivity contribution in [3.05, 3.63) is 30.1 Å². The van der Waals surface area contributed by atoms with E-state index in [1.54, 1.807) is 12.4 Å². The molecule has 0 N–H and O–H groups in total. The van der Waals surface area contributed by atoms with Gasteiger partial charge in [0.15, 0.2) is 5.84 Å². The molecule has 2 rings (SSSR count). The molecule has 2 heterocycles. The molecule has 1 unspecified atom stereocenters. The minimum Gasteiger partial charge on any atom is -0.266 e. The Labute approximate surface area is 83.6 Å². The van der Waals surface area contributed by atoms with E-state index < -0.39 is 0 Å². The summed E-state index contributed by atoms with van der Waals surface area (Å²) < 4.78 is 0. The molecular formula is C11H13N3. The van der Waals surface area contributed by atoms with Gasteiger partial charge in [0.05, 0.1) is 0 Å². The summed E-state index contributed by atoms with van der Waals surface area (Å²) in [5.74, 6) is 1.33. The van der Waals surface area contributed by atoms with Crippen LogP contribution in [0.15, 0.2) is 34.5 Å². The van der Waals surface area contributed by atoms with E-state index in [1.165, 1.54) is 0 Å². The number of pyridine rings is 1. The van der Waals surface area contributed by atoms with E-state index in [4.69, 9.17) is 0 Å². The number of amidine groups is 1. The summed E-state index contributed by atoms with van der Waals surface area (Å²) in [5, 5.41) is 0. The number of rotatable bonds is 1. The fraction of sp³-hybridized carbons (Fsp3) is 0.364. The smallest absolute Gasteiger partial charge is 0.155 e. The Morgan fingerprint density at radius 1 is 1.43 bits per heavy atom. The summed E-state index contributed by atoms with van der Waals surface area (Å²) in [6, 6.07) is 3.89. The van der Waals surface area contributed by atoms with Crippen LogP contribution in [-0.2, 0) is 0 Å². The van der Waals surface area contributed by atoms with Crippen LogP contribution in [0.3, 0.4) is 0 Å². The highest BCUT2D eigenvalue weighted by Gasteiger charge is 2.06. The molecule has 0 amide bonds. The minimum atomic E-state index is 0.521. The van der Waals surface area contributed by atoms with Crippen molar-refractivity contribution in [2.24, 2.45) is 15.9 Å². The largest absolute Gasteiger partial charge is 0.266 e. The lowest BCUT2D eigenvalue weighted by Crippen LogP contribution is -1.97. The highest BCUT2D eigenvalue weighted by Crippen LogP contribution is 2.07. The normalized spacial score (nSPS) is 21.5. The summed E-state index contributed by atoms with van der Waals surface area (Å²) in [6.07, 6.45) is 6.60. The fourth-order valence-corrected chi connectivity index (χ4v) is 1.35. The molecule has 0 aliphatic carbocycles. The number of aliphatic imine (C=N–C) groups is 2. The molecule has 0 saturated carbocycles. The molecule has 72 valence electrons. The van der Waals surface area contributed by atoms with Gasteiger partial charge in [-0.15, -0.1) is 0 Å². The van der Waals surface area contributed by atoms with Crippen molar-refractivity contribution in [3.63, 3.8) is 0 Å². The topological polar surface area (TPSA) is 37.6 Å². The lowest BCUT2D eigenvalue weighted by Gasteiger charge is -1.97. The first kappa shape index (κ1) is 9.06. The molecule has 1 aromatic heterocycles. The second-order valence-electron chi connectivity index (χ2n) is 3.49. The first-order valence-corrected chi connectivity index (χ1v) is 4.85. The molecule has 1 atom stereocenters. The third-order valence-corrected chi connectivity index (χ3v) is 2.22. The number of aromatic nitrogens is 1. The highest BCUT2D eigenvalue weighted by molar-refractivity contribution is 6.03. The van der Waals surface area contributed by atoms with E-state index in [0.29, 0.717) is 5.92 Å². The maximum Gasteiger partial charge on any atom is 0.155 e. The Bertz CT molecular complexity index is 354. The van der Waals surface area contributed by atoms with E-state index in [1.807, 2.05) is 18.3 Å². The molecule has 3 nitrogen and oxygen atoms in total. The number of nitrogens with zero attached hydrogens (tertiary/aromatic N) is 3. The Morgan fingerprint density at radius 2 is 2.36 bits per heavy atom. The fourth-order valence-electron chi connectivity index (χ4n) is 1.35. The molecular weight excluding hydrogens is 174 g/mol. The summed E-state index contributed by atoms with van der Waals surface area (Å²) in [4.78, 5) is 12.8. The molecule has 1 aromatic rings. The van der Waals surface area contributed by atoms with E-state index in [0.717, 1.165) is 24.4 Å². The van der Waals surface area contributed by atoms with Gasteiger partial charge in [0, 0.05) is 30.7 Å². The van der Waals surface area contributed by atoms with Gasteiger partial charge in [-0.2, -0.15) is 0 Å². The predicted molar refractivity (Wildman–Crippen MR) is 57.9 cm³/mol. The molecule has 14 heavy (non-hydrogen) atoms. The van der Waals surface area contributed by atoms with Crippen molar-refractivity contribution in [1.29, 1.82) is 0 Å². The summed E-state index contributed by atoms with van der Waals surface area (Å²) in [5.41, 5.74) is 0.998. The van der Waals surface area contributed by atoms with Gasteiger partial charge < -0.3 is 0 Å². The zero-order valence-electron chi connectivity index (χ0n) is 8.22. The molecule has 0 bridgehead atoms. The van der Waals surface area contributed by atoms with Gasteiger partial charge in [-0.25, -0.2) is 4.99 Å². The molecule has 0 aromatic carbocycles. The van der Waals surface area contributed by atoms with Crippen LogP contribution in [-0.4, -0.2) is 23.6 Å². The first-order chi connectivity index (χ1) is 6.86. The van der Waals surface area contributed by atoms with E-state index in [9.17, 15) is 0 Å². The highest BCUT2D eigenvalue weighted by atomic mass is 14.9. The maximum atomic E-state index is 4.42. The zero-order chi connectivity index (χ0) is 9.80. The number of hydrogen-bond donors (Lipinski definition) is 0. The van der Waals surface area contributed by atoms with Crippen molar-refractivity contribution < 1.29 is 0 Å². The molecule has 3 heteroatoms. The van der Waals surface area contributed by atoms with Gasteiger partial charge in [-0.05, 0) is 24.5 Å². The monoisotopic (exact) mass is 187 g/mol. The molecule has 0 spiro atoms. The maximum absolute atomic E-state index is 4.42. The summed E-state index contributed by atoms with van der Waals surface area (Å²) >= 11 is 0. The Balaban J connectivity index is 2.26. The standard InChI is InChI=1S/C11H13N3/c1-9-4-6-13-11(14-7-9)10-3-2-5-12-8-10/h2-3,5,7-9H,4,6H2,1H3. The number of hydrogen-bond acceptors (Lipinski definition) is 3. The van der Waals surface area contributed by atoms with Gasteiger partial charge in [0.25, 0.3) is 0 Å². The third-order valence-electron chi connectivity index (χ3n) is 2.22. The van der Waals surface area contributed by atoms with Crippen LogP contribution < -0.4 is 0 Å². The Hall–Kier alpha value is -1.51. The second kappa shape index (κ2) is 4.13. The van der Waals surface area contributed by atoms with E-state index >= 15 is 0 Å². The first-order valence-electron chi connectivity index (χ1n) is 4.85. The molecule has 0 radical (unpaired) electrons. The van der Waals surface area contributed by atoms with Crippen molar-refractivity contribution in [3.8, 4) is 0 Å². The predicted octanol–water partition coefficient (Wildman–Crippen LogP) is 1.94. The van der Waals surface area contributed by atoms with Crippen LogP contribution in [0.25, 0.3) is 0 Å². The van der Waals surface area contributed by atoms with Gasteiger partial charge in [0.1, 0.15) is 0 Å². The summed E-state index contributed by atoms with van der Waals surface area (Å²) in [6.45, 7) is 3.01. The van der Waals surface area contributed by atoms with Crippen LogP contribution in [0.4, 0.5) is 0 Å². The average Bonchev–Trinajstić information content (AvgIpc) is 2.44. The zero-order valence-corrected chi connectivity index (χ0v) is 8.22. The quantitative estimate of drug-likeness (QED) is 0.662. The summed E-state index contributed by atoms with van der Waals surface area (Å²) in [7, 11) is 0. The third kappa shape index (κ3) is 2.05. The molecule has 1 aliphatic rings. The van der Waals surface area contributed by atoms with Crippen molar-refractivity contribution in [2.75, 3.05) is 6.54 Å². The van der Waals surface area contributed by atoms with Crippen LogP contribution in [0, 0.1) is 5.92 Å². The second-order valence-corrected chi connectivity index (χ2v) is 3.49. The molecule has 1 aliphatic heterocycles. The molecule has 0 saturated heterocycles. The van der Waals surface area contributed by atoms with E-state index in [-0.39, 0.29) is 0 Å². The van der Waals surface area contributed by atoms with Crippen LogP contribution in [0.2, 0.25) is 0 Å². The van der Waals surface area contributed by atoms with Gasteiger partial charge in [0.2, 0.25) is 0 Å². The van der Waals surface area contributed by atoms with Crippen molar-refractivity contribution in [1.82, 2.24) is 4.98 Å².